The van der Waals surface area contributed by atoms with E-state index < -0.39 is 4.92 Å². The van der Waals surface area contributed by atoms with Crippen LogP contribution in [0, 0.1) is 21.4 Å². The highest BCUT2D eigenvalue weighted by Crippen LogP contribution is 2.33. The first-order chi connectivity index (χ1) is 14.0. The topological polar surface area (TPSA) is 97.9 Å². The Hall–Kier alpha value is -3.89. The minimum Gasteiger partial charge on any atom is -0.456 e. The number of imidazole rings is 1. The Bertz CT molecular complexity index is 1300. The molecule has 0 fully saturated rings. The molecule has 0 aliphatic heterocycles. The molecule has 29 heavy (non-hydrogen) atoms. The average molecular weight is 405 g/mol. The highest BCUT2D eigenvalue weighted by molar-refractivity contribution is 6.30. The fourth-order valence-electron chi connectivity index (χ4n) is 3.04. The normalized spacial score (nSPS) is 11.5. The summed E-state index contributed by atoms with van der Waals surface area (Å²) in [5, 5.41) is 21.1. The number of nitriles is 1. The van der Waals surface area contributed by atoms with Crippen LogP contribution in [0.3, 0.4) is 0 Å². The Labute approximate surface area is 170 Å². The summed E-state index contributed by atoms with van der Waals surface area (Å²) >= 11 is 5.86. The maximum Gasteiger partial charge on any atom is 0.281 e. The number of nitro benzene ring substituents is 1. The lowest BCUT2D eigenvalue weighted by Gasteiger charge is -2.03. The monoisotopic (exact) mass is 404 g/mol. The number of halogens is 1. The quantitative estimate of drug-likeness (QED) is 0.249. The van der Waals surface area contributed by atoms with E-state index in [0.29, 0.717) is 29.2 Å². The molecular formula is C21H13ClN4O3. The molecule has 7 nitrogen and oxygen atoms in total. The second kappa shape index (κ2) is 7.62. The van der Waals surface area contributed by atoms with Crippen LogP contribution in [0.1, 0.15) is 5.76 Å². The molecule has 4 aromatic rings. The lowest BCUT2D eigenvalue weighted by atomic mass is 10.1. The zero-order valence-corrected chi connectivity index (χ0v) is 15.7. The molecule has 0 bridgehead atoms. The standard InChI is InChI=1S/C21H13ClN4O3/c22-15-5-7-17(20(10-15)26(27)28)21-8-6-16(29-21)9-14(11-23)12-25-13-24-18-3-1-2-4-19(18)25/h1-10,13H,12H2/b14-9-. The number of rotatable bonds is 5. The van der Waals surface area contributed by atoms with Gasteiger partial charge in [0.2, 0.25) is 0 Å². The summed E-state index contributed by atoms with van der Waals surface area (Å²) < 4.78 is 7.61. The molecule has 2 aromatic carbocycles. The van der Waals surface area contributed by atoms with Crippen LogP contribution >= 0.6 is 11.6 Å². The first kappa shape index (κ1) is 18.5. The van der Waals surface area contributed by atoms with Gasteiger partial charge < -0.3 is 8.98 Å². The Morgan fingerprint density at radius 3 is 2.90 bits per heavy atom. The van der Waals surface area contributed by atoms with Gasteiger partial charge in [0.05, 0.1) is 46.0 Å². The Kier molecular flexibility index (Phi) is 4.85. The van der Waals surface area contributed by atoms with Gasteiger partial charge in [0.1, 0.15) is 11.5 Å². The number of hydrogen-bond acceptors (Lipinski definition) is 5. The fraction of sp³-hybridized carbons (Fsp3) is 0.0476. The molecule has 0 radical (unpaired) electrons. The molecule has 0 N–H and O–H groups in total. The van der Waals surface area contributed by atoms with Gasteiger partial charge in [-0.2, -0.15) is 5.26 Å². The molecule has 8 heteroatoms. The van der Waals surface area contributed by atoms with E-state index in [1.165, 1.54) is 12.1 Å². The highest BCUT2D eigenvalue weighted by Gasteiger charge is 2.18. The van der Waals surface area contributed by atoms with Crippen molar-refractivity contribution in [1.29, 1.82) is 5.26 Å². The van der Waals surface area contributed by atoms with Crippen molar-refractivity contribution in [1.82, 2.24) is 9.55 Å². The molecule has 4 rings (SSSR count). The second-order valence-electron chi connectivity index (χ2n) is 6.26. The van der Waals surface area contributed by atoms with Crippen LogP contribution in [0.25, 0.3) is 28.4 Å². The fourth-order valence-corrected chi connectivity index (χ4v) is 3.21. The van der Waals surface area contributed by atoms with Crippen LogP contribution in [0.4, 0.5) is 5.69 Å². The van der Waals surface area contributed by atoms with E-state index in [0.717, 1.165) is 11.0 Å². The number of para-hydroxylation sites is 2. The van der Waals surface area contributed by atoms with Gasteiger partial charge in [-0.15, -0.1) is 0 Å². The predicted octanol–water partition coefficient (Wildman–Crippen LogP) is 5.47. The number of benzene rings is 2. The van der Waals surface area contributed by atoms with E-state index in [2.05, 4.69) is 11.1 Å². The average Bonchev–Trinajstić information content (AvgIpc) is 3.35. The Balaban J connectivity index is 1.65. The molecule has 142 valence electrons. The summed E-state index contributed by atoms with van der Waals surface area (Å²) in [6, 6.07) is 17.5. The number of nitrogens with zero attached hydrogens (tertiary/aromatic N) is 4. The number of hydrogen-bond donors (Lipinski definition) is 0. The summed E-state index contributed by atoms with van der Waals surface area (Å²) in [7, 11) is 0. The van der Waals surface area contributed by atoms with E-state index in [-0.39, 0.29) is 10.7 Å². The van der Waals surface area contributed by atoms with Crippen molar-refractivity contribution < 1.29 is 9.34 Å². The number of furan rings is 1. The molecule has 0 saturated heterocycles. The van der Waals surface area contributed by atoms with E-state index in [1.807, 2.05) is 28.8 Å². The maximum atomic E-state index is 11.3. The number of fused-ring (bicyclic) bond motifs is 1. The summed E-state index contributed by atoms with van der Waals surface area (Å²) in [5.41, 5.74) is 2.40. The SMILES string of the molecule is N#C/C(=C/c1ccc(-c2ccc(Cl)cc2[N+](=O)[O-])o1)Cn1cnc2ccccc21. The lowest BCUT2D eigenvalue weighted by Crippen LogP contribution is -1.98. The van der Waals surface area contributed by atoms with E-state index >= 15 is 0 Å². The summed E-state index contributed by atoms with van der Waals surface area (Å²) in [6.07, 6.45) is 3.29. The van der Waals surface area contributed by atoms with Gasteiger partial charge in [0, 0.05) is 11.1 Å². The Morgan fingerprint density at radius 2 is 2.10 bits per heavy atom. The van der Waals surface area contributed by atoms with E-state index in [9.17, 15) is 15.4 Å². The molecule has 2 heterocycles. The van der Waals surface area contributed by atoms with E-state index in [4.69, 9.17) is 16.0 Å². The second-order valence-corrected chi connectivity index (χ2v) is 6.70. The maximum absolute atomic E-state index is 11.3. The van der Waals surface area contributed by atoms with Gasteiger partial charge in [0.15, 0.2) is 0 Å². The predicted molar refractivity (Wildman–Crippen MR) is 109 cm³/mol. The lowest BCUT2D eigenvalue weighted by molar-refractivity contribution is -0.384. The first-order valence-electron chi connectivity index (χ1n) is 8.60. The van der Waals surface area contributed by atoms with Gasteiger partial charge in [-0.1, -0.05) is 23.7 Å². The van der Waals surface area contributed by atoms with Crippen molar-refractivity contribution in [3.63, 3.8) is 0 Å². The van der Waals surface area contributed by atoms with Crippen LogP contribution in [0.2, 0.25) is 5.02 Å². The van der Waals surface area contributed by atoms with Crippen LogP contribution in [-0.2, 0) is 6.54 Å². The van der Waals surface area contributed by atoms with Gasteiger partial charge in [-0.05, 0) is 42.5 Å². The molecule has 2 aromatic heterocycles. The van der Waals surface area contributed by atoms with Crippen LogP contribution < -0.4 is 0 Å². The van der Waals surface area contributed by atoms with Crippen molar-refractivity contribution in [2.75, 3.05) is 0 Å². The smallest absolute Gasteiger partial charge is 0.281 e. The van der Waals surface area contributed by atoms with Crippen LogP contribution in [-0.4, -0.2) is 14.5 Å². The minimum absolute atomic E-state index is 0.146. The third-order valence-corrected chi connectivity index (χ3v) is 4.61. The van der Waals surface area contributed by atoms with Gasteiger partial charge in [-0.3, -0.25) is 10.1 Å². The molecule has 0 aliphatic carbocycles. The van der Waals surface area contributed by atoms with E-state index in [1.54, 1.807) is 30.6 Å². The highest BCUT2D eigenvalue weighted by atomic mass is 35.5. The van der Waals surface area contributed by atoms with Gasteiger partial charge in [-0.25, -0.2) is 4.98 Å². The third kappa shape index (κ3) is 3.74. The number of nitro groups is 1. The molecule has 0 spiro atoms. The van der Waals surface area contributed by atoms with Gasteiger partial charge >= 0.3 is 0 Å². The molecule has 0 amide bonds. The van der Waals surface area contributed by atoms with Crippen molar-refractivity contribution in [2.24, 2.45) is 0 Å². The van der Waals surface area contributed by atoms with Gasteiger partial charge in [0.25, 0.3) is 5.69 Å². The van der Waals surface area contributed by atoms with Crippen LogP contribution in [0.15, 0.2) is 70.9 Å². The molecular weight excluding hydrogens is 392 g/mol. The minimum atomic E-state index is -0.510. The third-order valence-electron chi connectivity index (χ3n) is 4.38. The molecule has 0 atom stereocenters. The van der Waals surface area contributed by atoms with Crippen molar-refractivity contribution in [3.8, 4) is 17.4 Å². The zero-order valence-electron chi connectivity index (χ0n) is 14.9. The van der Waals surface area contributed by atoms with Crippen molar-refractivity contribution in [2.45, 2.75) is 6.54 Å². The summed E-state index contributed by atoms with van der Waals surface area (Å²) in [6.45, 7) is 0.328. The first-order valence-corrected chi connectivity index (χ1v) is 8.97. The summed E-state index contributed by atoms with van der Waals surface area (Å²) in [5.74, 6) is 0.746. The molecule has 0 unspecified atom stereocenters. The molecule has 0 aliphatic rings. The number of allylic oxidation sites excluding steroid dienone is 1. The van der Waals surface area contributed by atoms with Crippen molar-refractivity contribution in [3.05, 3.63) is 87.4 Å². The largest absolute Gasteiger partial charge is 0.456 e. The number of aromatic nitrogens is 2. The summed E-state index contributed by atoms with van der Waals surface area (Å²) in [4.78, 5) is 15.1. The zero-order chi connectivity index (χ0) is 20.4. The Morgan fingerprint density at radius 1 is 1.28 bits per heavy atom. The van der Waals surface area contributed by atoms with Crippen LogP contribution in [0.5, 0.6) is 0 Å². The van der Waals surface area contributed by atoms with Crippen molar-refractivity contribution >= 4 is 34.4 Å². The molecule has 0 saturated carbocycles.